The molecule has 0 bridgehead atoms. The van der Waals surface area contributed by atoms with Crippen molar-refractivity contribution in [3.63, 3.8) is 0 Å². The lowest BCUT2D eigenvalue weighted by Gasteiger charge is -2.41. The van der Waals surface area contributed by atoms with E-state index in [1.807, 2.05) is 42.5 Å². The Hall–Kier alpha value is -4.16. The number of benzene rings is 2. The number of aromatic nitrogens is 1. The van der Waals surface area contributed by atoms with E-state index in [1.165, 1.54) is 10.6 Å². The monoisotopic (exact) mass is 669 g/mol. The molecule has 0 radical (unpaired) electrons. The quantitative estimate of drug-likeness (QED) is 0.279. The molecule has 1 fully saturated rings. The van der Waals surface area contributed by atoms with Gasteiger partial charge in [0.25, 0.3) is 5.91 Å². The van der Waals surface area contributed by atoms with Crippen molar-refractivity contribution in [2.75, 3.05) is 36.8 Å². The number of nitrogens with zero attached hydrogens (tertiary/aromatic N) is 3. The number of para-hydroxylation sites is 2. The minimum atomic E-state index is -3.47. The topological polar surface area (TPSA) is 129 Å². The number of likely N-dealkylation sites (tertiary alicyclic amines) is 1. The number of pyridine rings is 1. The average Bonchev–Trinajstić information content (AvgIpc) is 3.34. The molecule has 3 aromatic rings. The molecule has 11 nitrogen and oxygen atoms in total. The summed E-state index contributed by atoms with van der Waals surface area (Å²) in [6.45, 7) is 4.15. The first-order valence-corrected chi connectivity index (χ1v) is 16.8. The number of hydrogen-bond donors (Lipinski definition) is 2. The van der Waals surface area contributed by atoms with Gasteiger partial charge in [0.15, 0.2) is 12.4 Å². The van der Waals surface area contributed by atoms with Gasteiger partial charge < -0.3 is 32.7 Å². The lowest BCUT2D eigenvalue weighted by atomic mass is 9.74. The fourth-order valence-corrected chi connectivity index (χ4v) is 7.03. The summed E-state index contributed by atoms with van der Waals surface area (Å²) in [7, 11) is -1.67. The van der Waals surface area contributed by atoms with E-state index in [4.69, 9.17) is 4.74 Å². The summed E-state index contributed by atoms with van der Waals surface area (Å²) in [5.74, 6) is -0.711. The maximum absolute atomic E-state index is 14.0. The molecule has 2 N–H and O–H groups in total. The summed E-state index contributed by atoms with van der Waals surface area (Å²) in [5.41, 5.74) is 0.312. The van der Waals surface area contributed by atoms with E-state index in [-0.39, 0.29) is 24.9 Å². The summed E-state index contributed by atoms with van der Waals surface area (Å²) in [6.07, 6.45) is 5.80. The Morgan fingerprint density at radius 3 is 2.30 bits per heavy atom. The molecule has 246 valence electrons. The number of fused-ring (bicyclic) bond motifs is 2. The number of halogens is 1. The second-order valence-electron chi connectivity index (χ2n) is 12.4. The molecule has 1 atom stereocenters. The summed E-state index contributed by atoms with van der Waals surface area (Å²) >= 11 is 0. The van der Waals surface area contributed by atoms with Crippen LogP contribution in [0.25, 0.3) is 0 Å². The lowest BCUT2D eigenvalue weighted by molar-refractivity contribution is -0.671. The lowest BCUT2D eigenvalue weighted by Crippen LogP contribution is -3.00. The molecule has 0 unspecified atom stereocenters. The van der Waals surface area contributed by atoms with Crippen LogP contribution < -0.4 is 36.6 Å². The Kier molecular flexibility index (Phi) is 10.3. The zero-order valence-electron chi connectivity index (χ0n) is 26.4. The van der Waals surface area contributed by atoms with Crippen molar-refractivity contribution in [2.45, 2.75) is 43.7 Å². The van der Waals surface area contributed by atoms with Crippen LogP contribution in [-0.4, -0.2) is 75.1 Å². The van der Waals surface area contributed by atoms with E-state index >= 15 is 0 Å². The number of sulfonamides is 1. The highest BCUT2D eigenvalue weighted by molar-refractivity contribution is 7.92. The van der Waals surface area contributed by atoms with Gasteiger partial charge in [-0.3, -0.25) is 18.7 Å². The van der Waals surface area contributed by atoms with Crippen molar-refractivity contribution in [1.82, 2.24) is 15.5 Å². The summed E-state index contributed by atoms with van der Waals surface area (Å²) in [6, 6.07) is 18.9. The van der Waals surface area contributed by atoms with E-state index in [1.54, 1.807) is 67.0 Å². The Morgan fingerprint density at radius 2 is 1.65 bits per heavy atom. The Balaban J connectivity index is 0.00000480. The van der Waals surface area contributed by atoms with E-state index < -0.39 is 38.8 Å². The average molecular weight is 670 g/mol. The highest BCUT2D eigenvalue weighted by Gasteiger charge is 2.48. The third kappa shape index (κ3) is 7.45. The highest BCUT2D eigenvalue weighted by atomic mass is 35.5. The number of piperidine rings is 1. The van der Waals surface area contributed by atoms with Crippen molar-refractivity contribution < 1.29 is 44.5 Å². The van der Waals surface area contributed by atoms with Crippen molar-refractivity contribution in [3.05, 3.63) is 90.3 Å². The SMILES string of the molecule is C[n+]1cccc(C(=O)NC(C)(C)C(=O)N[C@H](COc2ccccc2)C(=O)N2CCC3(CC2)CN(S(C)(=O)=O)c2ccccc23)c1.[Cl-]. The predicted octanol–water partition coefficient (Wildman–Crippen LogP) is -1.07. The Morgan fingerprint density at radius 1 is 1.00 bits per heavy atom. The number of rotatable bonds is 9. The smallest absolute Gasteiger partial charge is 0.258 e. The number of ether oxygens (including phenoxy) is 1. The van der Waals surface area contributed by atoms with Crippen LogP contribution >= 0.6 is 0 Å². The van der Waals surface area contributed by atoms with Crippen LogP contribution in [0.15, 0.2) is 79.1 Å². The number of anilines is 1. The maximum atomic E-state index is 14.0. The highest BCUT2D eigenvalue weighted by Crippen LogP contribution is 2.47. The molecule has 2 aliphatic heterocycles. The van der Waals surface area contributed by atoms with Gasteiger partial charge in [-0.15, -0.1) is 0 Å². The van der Waals surface area contributed by atoms with Crippen molar-refractivity contribution in [2.24, 2.45) is 7.05 Å². The van der Waals surface area contributed by atoms with Gasteiger partial charge in [0.1, 0.15) is 36.5 Å². The molecule has 2 aliphatic rings. The van der Waals surface area contributed by atoms with Gasteiger partial charge in [-0.2, -0.15) is 0 Å². The number of amides is 3. The second kappa shape index (κ2) is 13.7. The van der Waals surface area contributed by atoms with Crippen LogP contribution in [0.4, 0.5) is 5.69 Å². The predicted molar refractivity (Wildman–Crippen MR) is 169 cm³/mol. The number of carbonyl (C=O) groups is 3. The molecular weight excluding hydrogens is 630 g/mol. The van der Waals surface area contributed by atoms with Gasteiger partial charge in [-0.1, -0.05) is 36.4 Å². The van der Waals surface area contributed by atoms with Crippen LogP contribution in [0, 0.1) is 0 Å². The standard InChI is InChI=1S/C33H39N5O6S.ClH/c1-32(2,35-29(39)24-11-10-18-36(3)21-24)31(41)34-27(22-44-25-12-6-5-7-13-25)30(40)37-19-16-33(17-20-37)23-38(45(4,42)43)28-15-9-8-14-26(28)33;/h5-15,18,21,27H,16-17,19-20,22-23H2,1-4H3,(H-,34,35,39,41);1H/t27-;/m1./s1. The van der Waals surface area contributed by atoms with E-state index in [2.05, 4.69) is 10.6 Å². The van der Waals surface area contributed by atoms with Crippen molar-refractivity contribution in [3.8, 4) is 5.75 Å². The van der Waals surface area contributed by atoms with Crippen LogP contribution in [0.3, 0.4) is 0 Å². The van der Waals surface area contributed by atoms with Gasteiger partial charge in [0.2, 0.25) is 21.8 Å². The van der Waals surface area contributed by atoms with Gasteiger partial charge in [-0.05, 0) is 56.5 Å². The molecule has 3 heterocycles. The first-order chi connectivity index (χ1) is 21.3. The first kappa shape index (κ1) is 34.7. The summed E-state index contributed by atoms with van der Waals surface area (Å²) < 4.78 is 34.3. The van der Waals surface area contributed by atoms with Crippen LogP contribution in [0.5, 0.6) is 5.75 Å². The Labute approximate surface area is 276 Å². The van der Waals surface area contributed by atoms with Crippen LogP contribution in [0.2, 0.25) is 0 Å². The summed E-state index contributed by atoms with van der Waals surface area (Å²) in [5, 5.41) is 5.61. The van der Waals surface area contributed by atoms with Gasteiger partial charge in [0, 0.05) is 31.1 Å². The number of hydrogen-bond acceptors (Lipinski definition) is 6. The molecule has 46 heavy (non-hydrogen) atoms. The Bertz CT molecular complexity index is 1690. The number of nitrogens with one attached hydrogen (secondary N) is 2. The van der Waals surface area contributed by atoms with Gasteiger partial charge >= 0.3 is 0 Å². The van der Waals surface area contributed by atoms with E-state index in [9.17, 15) is 22.8 Å². The zero-order chi connectivity index (χ0) is 32.4. The fraction of sp³-hybridized carbons (Fsp3) is 0.394. The molecule has 3 amide bonds. The third-order valence-electron chi connectivity index (χ3n) is 8.58. The van der Waals surface area contributed by atoms with Crippen molar-refractivity contribution in [1.29, 1.82) is 0 Å². The third-order valence-corrected chi connectivity index (χ3v) is 9.71. The van der Waals surface area contributed by atoms with E-state index in [0.29, 0.717) is 49.5 Å². The fourth-order valence-electron chi connectivity index (χ4n) is 6.03. The molecule has 1 spiro atoms. The minimum Gasteiger partial charge on any atom is -1.00 e. The maximum Gasteiger partial charge on any atom is 0.258 e. The van der Waals surface area contributed by atoms with Gasteiger partial charge in [-0.25, -0.2) is 13.0 Å². The van der Waals surface area contributed by atoms with Crippen molar-refractivity contribution >= 4 is 33.4 Å². The minimum absolute atomic E-state index is 0. The molecule has 0 aliphatic carbocycles. The molecular formula is C33H40ClN5O6S. The molecule has 5 rings (SSSR count). The molecule has 13 heteroatoms. The molecule has 1 saturated heterocycles. The molecule has 2 aromatic carbocycles. The van der Waals surface area contributed by atoms with Crippen LogP contribution in [0.1, 0.15) is 42.6 Å². The summed E-state index contributed by atoms with van der Waals surface area (Å²) in [4.78, 5) is 42.2. The first-order valence-electron chi connectivity index (χ1n) is 14.9. The van der Waals surface area contributed by atoms with Crippen LogP contribution in [-0.2, 0) is 32.1 Å². The normalized spacial score (nSPS) is 16.2. The largest absolute Gasteiger partial charge is 1.00 e. The van der Waals surface area contributed by atoms with Gasteiger partial charge in [0.05, 0.1) is 11.9 Å². The number of aryl methyl sites for hydroxylation is 1. The molecule has 1 aromatic heterocycles. The zero-order valence-corrected chi connectivity index (χ0v) is 28.0. The molecule has 0 saturated carbocycles. The number of carbonyl (C=O) groups excluding carboxylic acids is 3. The van der Waals surface area contributed by atoms with E-state index in [0.717, 1.165) is 5.56 Å². The second-order valence-corrected chi connectivity index (χ2v) is 14.3.